The molecular weight excluding hydrogens is 366 g/mol. The minimum atomic E-state index is 0.0469. The number of carbonyl (C=O) groups excluding carboxylic acids is 1. The predicted octanol–water partition coefficient (Wildman–Crippen LogP) is 4.75. The van der Waals surface area contributed by atoms with Crippen LogP contribution in [-0.2, 0) is 11.8 Å². The number of nitrogens with one attached hydrogen (secondary N) is 2. The molecule has 0 saturated heterocycles. The lowest BCUT2D eigenvalue weighted by molar-refractivity contribution is -0.116. The van der Waals surface area contributed by atoms with Crippen LogP contribution >= 0.6 is 15.9 Å². The fraction of sp³-hybridized carbons (Fsp3) is 0.211. The summed E-state index contributed by atoms with van der Waals surface area (Å²) in [5.74, 6) is 0.0469. The fourth-order valence-corrected chi connectivity index (χ4v) is 4.08. The van der Waals surface area contributed by atoms with E-state index in [1.807, 2.05) is 25.1 Å². The van der Waals surface area contributed by atoms with Crippen LogP contribution in [0.5, 0.6) is 0 Å². The lowest BCUT2D eigenvalue weighted by atomic mass is 10.1. The lowest BCUT2D eigenvalue weighted by Crippen LogP contribution is -2.19. The van der Waals surface area contributed by atoms with E-state index in [1.54, 1.807) is 0 Å². The predicted molar refractivity (Wildman–Crippen MR) is 102 cm³/mol. The van der Waals surface area contributed by atoms with Gasteiger partial charge in [0.15, 0.2) is 0 Å². The molecule has 4 nitrogen and oxygen atoms in total. The largest absolute Gasteiger partial charge is 0.380 e. The molecule has 0 bridgehead atoms. The number of rotatable bonds is 1. The number of hydrogen-bond donors (Lipinski definition) is 2. The molecule has 2 heterocycles. The summed E-state index contributed by atoms with van der Waals surface area (Å²) in [6.07, 6.45) is 0.467. The van der Waals surface area contributed by atoms with Crippen LogP contribution in [0.25, 0.3) is 22.2 Å². The van der Waals surface area contributed by atoms with Crippen LogP contribution in [0.4, 0.5) is 11.4 Å². The third-order valence-electron chi connectivity index (χ3n) is 4.50. The van der Waals surface area contributed by atoms with Gasteiger partial charge in [-0.1, -0.05) is 24.3 Å². The molecule has 4 rings (SSSR count). The van der Waals surface area contributed by atoms with E-state index in [-0.39, 0.29) is 11.9 Å². The van der Waals surface area contributed by atoms with Crippen LogP contribution in [0.2, 0.25) is 0 Å². The van der Waals surface area contributed by atoms with Crippen molar-refractivity contribution in [1.29, 1.82) is 0 Å². The summed E-state index contributed by atoms with van der Waals surface area (Å²) in [5, 5.41) is 7.69. The molecule has 1 unspecified atom stereocenters. The van der Waals surface area contributed by atoms with E-state index in [0.29, 0.717) is 6.42 Å². The summed E-state index contributed by atoms with van der Waals surface area (Å²) in [4.78, 5) is 12.0. The second-order valence-electron chi connectivity index (χ2n) is 6.29. The molecule has 0 radical (unpaired) electrons. The summed E-state index contributed by atoms with van der Waals surface area (Å²) in [7, 11) is 2.07. The molecule has 1 amide bonds. The monoisotopic (exact) mass is 383 g/mol. The molecule has 1 atom stereocenters. The van der Waals surface area contributed by atoms with Crippen molar-refractivity contribution in [2.75, 3.05) is 10.6 Å². The van der Waals surface area contributed by atoms with Crippen molar-refractivity contribution >= 4 is 44.1 Å². The molecule has 1 aromatic heterocycles. The maximum absolute atomic E-state index is 12.0. The summed E-state index contributed by atoms with van der Waals surface area (Å²) >= 11 is 3.64. The van der Waals surface area contributed by atoms with E-state index in [1.165, 1.54) is 5.39 Å². The van der Waals surface area contributed by atoms with Crippen molar-refractivity contribution in [2.45, 2.75) is 19.4 Å². The number of nitrogens with zero attached hydrogens (tertiary/aromatic N) is 1. The number of anilines is 2. The highest BCUT2D eigenvalue weighted by Crippen LogP contribution is 2.39. The van der Waals surface area contributed by atoms with Crippen LogP contribution in [-0.4, -0.2) is 16.5 Å². The Morgan fingerprint density at radius 3 is 2.79 bits per heavy atom. The van der Waals surface area contributed by atoms with E-state index in [9.17, 15) is 4.79 Å². The topological polar surface area (TPSA) is 46.1 Å². The fourth-order valence-electron chi connectivity index (χ4n) is 3.43. The first-order valence-corrected chi connectivity index (χ1v) is 8.77. The molecular formula is C19H18BrN3O. The van der Waals surface area contributed by atoms with Gasteiger partial charge in [-0.15, -0.1) is 0 Å². The maximum atomic E-state index is 12.0. The van der Waals surface area contributed by atoms with Gasteiger partial charge < -0.3 is 15.2 Å². The van der Waals surface area contributed by atoms with Crippen molar-refractivity contribution < 1.29 is 4.79 Å². The van der Waals surface area contributed by atoms with Gasteiger partial charge in [-0.05, 0) is 41.1 Å². The number of aryl methyl sites for hydroxylation is 1. The van der Waals surface area contributed by atoms with Gasteiger partial charge in [-0.3, -0.25) is 4.79 Å². The Balaban J connectivity index is 1.96. The Labute approximate surface area is 149 Å². The van der Waals surface area contributed by atoms with Crippen LogP contribution in [0.1, 0.15) is 13.3 Å². The summed E-state index contributed by atoms with van der Waals surface area (Å²) < 4.78 is 3.26. The van der Waals surface area contributed by atoms with Crippen LogP contribution in [0.3, 0.4) is 0 Å². The minimum absolute atomic E-state index is 0.0469. The summed E-state index contributed by atoms with van der Waals surface area (Å²) in [6, 6.07) is 14.5. The van der Waals surface area contributed by atoms with E-state index in [4.69, 9.17) is 0 Å². The van der Waals surface area contributed by atoms with Gasteiger partial charge in [0, 0.05) is 34.9 Å². The standard InChI is InChI=1S/C19H18BrN3O/c1-11-9-17(24)22-15-8-4-6-13(18(15)21-11)16-10-12-5-3-7-14(20)19(12)23(16)2/h3-8,10-11,21H,9H2,1-2H3,(H,22,24). The van der Waals surface area contributed by atoms with Crippen molar-refractivity contribution in [2.24, 2.45) is 7.05 Å². The van der Waals surface area contributed by atoms with E-state index < -0.39 is 0 Å². The Hall–Kier alpha value is -2.27. The molecule has 2 aromatic carbocycles. The average Bonchev–Trinajstić information content (AvgIpc) is 2.78. The van der Waals surface area contributed by atoms with Gasteiger partial charge in [0.2, 0.25) is 5.91 Å². The maximum Gasteiger partial charge on any atom is 0.226 e. The van der Waals surface area contributed by atoms with E-state index >= 15 is 0 Å². The number of amides is 1. The highest BCUT2D eigenvalue weighted by atomic mass is 79.9. The van der Waals surface area contributed by atoms with Gasteiger partial charge in [0.25, 0.3) is 0 Å². The molecule has 3 aromatic rings. The number of hydrogen-bond acceptors (Lipinski definition) is 2. The van der Waals surface area contributed by atoms with Crippen LogP contribution in [0.15, 0.2) is 46.9 Å². The number of para-hydroxylation sites is 2. The zero-order chi connectivity index (χ0) is 16.8. The average molecular weight is 384 g/mol. The lowest BCUT2D eigenvalue weighted by Gasteiger charge is -2.17. The highest BCUT2D eigenvalue weighted by molar-refractivity contribution is 9.10. The van der Waals surface area contributed by atoms with Gasteiger partial charge in [0.1, 0.15) is 0 Å². The Bertz CT molecular complexity index is 961. The Morgan fingerprint density at radius 1 is 1.21 bits per heavy atom. The second-order valence-corrected chi connectivity index (χ2v) is 7.15. The van der Waals surface area contributed by atoms with Crippen LogP contribution < -0.4 is 10.6 Å². The quantitative estimate of drug-likeness (QED) is 0.636. The van der Waals surface area contributed by atoms with Crippen molar-refractivity contribution in [1.82, 2.24) is 4.57 Å². The van der Waals surface area contributed by atoms with Crippen molar-refractivity contribution in [3.05, 3.63) is 46.9 Å². The normalized spacial score (nSPS) is 17.1. The van der Waals surface area contributed by atoms with Gasteiger partial charge in [0.05, 0.1) is 22.6 Å². The molecule has 0 aliphatic carbocycles. The molecule has 1 aliphatic rings. The first-order valence-electron chi connectivity index (χ1n) is 7.98. The molecule has 1 aliphatic heterocycles. The smallest absolute Gasteiger partial charge is 0.226 e. The molecule has 5 heteroatoms. The molecule has 2 N–H and O–H groups in total. The number of fused-ring (bicyclic) bond motifs is 2. The Kier molecular flexibility index (Phi) is 3.61. The first kappa shape index (κ1) is 15.3. The molecule has 0 saturated carbocycles. The SMILES string of the molecule is CC1CC(=O)Nc2cccc(-c3cc4cccc(Br)c4n3C)c2N1. The number of aromatic nitrogens is 1. The summed E-state index contributed by atoms with van der Waals surface area (Å²) in [6.45, 7) is 2.03. The molecule has 0 fully saturated rings. The van der Waals surface area contributed by atoms with Crippen LogP contribution in [0, 0.1) is 0 Å². The third-order valence-corrected chi connectivity index (χ3v) is 5.14. The minimum Gasteiger partial charge on any atom is -0.380 e. The number of benzene rings is 2. The second kappa shape index (κ2) is 5.67. The van der Waals surface area contributed by atoms with Gasteiger partial charge in [-0.25, -0.2) is 0 Å². The zero-order valence-corrected chi connectivity index (χ0v) is 15.1. The molecule has 24 heavy (non-hydrogen) atoms. The number of halogens is 1. The van der Waals surface area contributed by atoms with Crippen molar-refractivity contribution in [3.8, 4) is 11.3 Å². The van der Waals surface area contributed by atoms with E-state index in [0.717, 1.165) is 32.6 Å². The number of carbonyl (C=O) groups is 1. The van der Waals surface area contributed by atoms with E-state index in [2.05, 4.69) is 62.4 Å². The Morgan fingerprint density at radius 2 is 2.00 bits per heavy atom. The molecule has 0 spiro atoms. The summed E-state index contributed by atoms with van der Waals surface area (Å²) in [5.41, 5.74) is 5.19. The van der Waals surface area contributed by atoms with Gasteiger partial charge >= 0.3 is 0 Å². The zero-order valence-electron chi connectivity index (χ0n) is 13.6. The van der Waals surface area contributed by atoms with Gasteiger partial charge in [-0.2, -0.15) is 0 Å². The third kappa shape index (κ3) is 2.40. The first-order chi connectivity index (χ1) is 11.5. The highest BCUT2D eigenvalue weighted by Gasteiger charge is 2.22. The molecule has 122 valence electrons. The van der Waals surface area contributed by atoms with Crippen molar-refractivity contribution in [3.63, 3.8) is 0 Å².